The topological polar surface area (TPSA) is 111 Å². The third kappa shape index (κ3) is 4.03. The summed E-state index contributed by atoms with van der Waals surface area (Å²) >= 11 is 0. The van der Waals surface area contributed by atoms with E-state index in [0.717, 1.165) is 6.42 Å². The molecule has 3 aliphatic rings. The normalized spacial score (nSPS) is 35.6. The summed E-state index contributed by atoms with van der Waals surface area (Å²) in [7, 11) is -7.10. The summed E-state index contributed by atoms with van der Waals surface area (Å²) in [6.45, 7) is 4.46. The van der Waals surface area contributed by atoms with Crippen LogP contribution < -0.4 is 9.44 Å². The molecule has 0 amide bonds. The highest BCUT2D eigenvalue weighted by Gasteiger charge is 2.46. The standard InChI is InChI=1S/C15H28N2O6S2/c1-11-13(4-8-22-11)24(18,19)16-10-15(6-3-7-15)17-25(20,21)14-5-9-23-12(14)2/h11-14,16-17H,3-10H2,1-2H3. The van der Waals surface area contributed by atoms with Crippen molar-refractivity contribution in [2.45, 2.75) is 74.2 Å². The lowest BCUT2D eigenvalue weighted by Crippen LogP contribution is -2.62. The second kappa shape index (κ2) is 7.05. The molecular weight excluding hydrogens is 368 g/mol. The second-order valence-corrected chi connectivity index (χ2v) is 11.3. The van der Waals surface area contributed by atoms with E-state index in [1.807, 2.05) is 0 Å². The fourth-order valence-electron chi connectivity index (χ4n) is 3.88. The lowest BCUT2D eigenvalue weighted by molar-refractivity contribution is 0.125. The van der Waals surface area contributed by atoms with Crippen molar-refractivity contribution in [3.8, 4) is 0 Å². The van der Waals surface area contributed by atoms with Gasteiger partial charge in [0, 0.05) is 25.3 Å². The van der Waals surface area contributed by atoms with E-state index in [1.165, 1.54) is 0 Å². The van der Waals surface area contributed by atoms with E-state index in [0.29, 0.717) is 38.9 Å². The molecule has 2 heterocycles. The van der Waals surface area contributed by atoms with E-state index in [1.54, 1.807) is 13.8 Å². The minimum Gasteiger partial charge on any atom is -0.377 e. The molecule has 146 valence electrons. The van der Waals surface area contributed by atoms with Crippen LogP contribution >= 0.6 is 0 Å². The molecule has 4 atom stereocenters. The molecular formula is C15H28N2O6S2. The van der Waals surface area contributed by atoms with Crippen LogP contribution in [0, 0.1) is 0 Å². The van der Waals surface area contributed by atoms with Crippen molar-refractivity contribution in [3.05, 3.63) is 0 Å². The Morgan fingerprint density at radius 2 is 1.44 bits per heavy atom. The van der Waals surface area contributed by atoms with Gasteiger partial charge in [-0.3, -0.25) is 0 Å². The average molecular weight is 397 g/mol. The Morgan fingerprint density at radius 1 is 0.920 bits per heavy atom. The van der Waals surface area contributed by atoms with Gasteiger partial charge in [0.15, 0.2) is 0 Å². The summed E-state index contributed by atoms with van der Waals surface area (Å²) in [4.78, 5) is 0. The molecule has 1 saturated carbocycles. The predicted molar refractivity (Wildman–Crippen MR) is 93.2 cm³/mol. The van der Waals surface area contributed by atoms with Crippen molar-refractivity contribution in [2.75, 3.05) is 19.8 Å². The molecule has 0 aromatic heterocycles. The smallest absolute Gasteiger partial charge is 0.217 e. The Morgan fingerprint density at radius 3 is 1.84 bits per heavy atom. The van der Waals surface area contributed by atoms with E-state index in [9.17, 15) is 16.8 Å². The summed E-state index contributed by atoms with van der Waals surface area (Å²) in [5.74, 6) is 0. The lowest BCUT2D eigenvalue weighted by atomic mass is 9.78. The van der Waals surface area contributed by atoms with E-state index in [2.05, 4.69) is 9.44 Å². The number of nitrogens with one attached hydrogen (secondary N) is 2. The third-order valence-corrected chi connectivity index (χ3v) is 9.79. The highest BCUT2D eigenvalue weighted by Crippen LogP contribution is 2.34. The second-order valence-electron chi connectivity index (χ2n) is 7.45. The van der Waals surface area contributed by atoms with E-state index >= 15 is 0 Å². The average Bonchev–Trinajstić information content (AvgIpc) is 3.10. The Labute approximate surface area is 150 Å². The van der Waals surface area contributed by atoms with Crippen molar-refractivity contribution in [1.82, 2.24) is 9.44 Å². The minimum atomic E-state index is -3.56. The van der Waals surface area contributed by atoms with Gasteiger partial charge >= 0.3 is 0 Å². The molecule has 2 N–H and O–H groups in total. The maximum Gasteiger partial charge on any atom is 0.217 e. The van der Waals surface area contributed by atoms with Gasteiger partial charge in [-0.25, -0.2) is 26.3 Å². The first-order valence-electron chi connectivity index (χ1n) is 8.90. The van der Waals surface area contributed by atoms with E-state index in [4.69, 9.17) is 9.47 Å². The van der Waals surface area contributed by atoms with Crippen molar-refractivity contribution < 1.29 is 26.3 Å². The molecule has 0 radical (unpaired) electrons. The van der Waals surface area contributed by atoms with Crippen LogP contribution in [0.4, 0.5) is 0 Å². The van der Waals surface area contributed by atoms with Gasteiger partial charge in [0.2, 0.25) is 20.0 Å². The van der Waals surface area contributed by atoms with Gasteiger partial charge in [-0.1, -0.05) is 0 Å². The number of hydrogen-bond donors (Lipinski definition) is 2. The van der Waals surface area contributed by atoms with Gasteiger partial charge in [-0.2, -0.15) is 0 Å². The molecule has 10 heteroatoms. The number of rotatable bonds is 7. The molecule has 0 aromatic carbocycles. The maximum atomic E-state index is 12.7. The molecule has 3 fully saturated rings. The number of sulfonamides is 2. The highest BCUT2D eigenvalue weighted by atomic mass is 32.2. The Balaban J connectivity index is 1.65. The van der Waals surface area contributed by atoms with Crippen LogP contribution in [0.2, 0.25) is 0 Å². The van der Waals surface area contributed by atoms with Crippen molar-refractivity contribution >= 4 is 20.0 Å². The zero-order valence-corrected chi connectivity index (χ0v) is 16.4. The van der Waals surface area contributed by atoms with Crippen LogP contribution in [0.3, 0.4) is 0 Å². The SMILES string of the molecule is CC1OCCC1S(=O)(=O)NCC1(NS(=O)(=O)C2CCOC2C)CCC1. The Kier molecular flexibility index (Phi) is 5.50. The number of ether oxygens (including phenoxy) is 2. The summed E-state index contributed by atoms with van der Waals surface area (Å²) < 4.78 is 66.5. The van der Waals surface area contributed by atoms with E-state index < -0.39 is 36.1 Å². The van der Waals surface area contributed by atoms with Gasteiger partial charge in [0.25, 0.3) is 0 Å². The molecule has 3 rings (SSSR count). The highest BCUT2D eigenvalue weighted by molar-refractivity contribution is 7.90. The predicted octanol–water partition coefficient (Wildman–Crippen LogP) is 0.103. The molecule has 0 aromatic rings. The quantitative estimate of drug-likeness (QED) is 0.632. The summed E-state index contributed by atoms with van der Waals surface area (Å²) in [6, 6.07) is 0. The Hall–Kier alpha value is -0.260. The van der Waals surface area contributed by atoms with Gasteiger partial charge in [0.1, 0.15) is 10.5 Å². The lowest BCUT2D eigenvalue weighted by Gasteiger charge is -2.43. The van der Waals surface area contributed by atoms with Crippen LogP contribution in [0.1, 0.15) is 46.0 Å². The monoisotopic (exact) mass is 396 g/mol. The van der Waals surface area contributed by atoms with Crippen molar-refractivity contribution in [1.29, 1.82) is 0 Å². The molecule has 4 unspecified atom stereocenters. The molecule has 0 bridgehead atoms. The van der Waals surface area contributed by atoms with Crippen LogP contribution in [-0.2, 0) is 29.5 Å². The minimum absolute atomic E-state index is 0.0831. The fraction of sp³-hybridized carbons (Fsp3) is 1.00. The van der Waals surface area contributed by atoms with E-state index in [-0.39, 0.29) is 18.8 Å². The summed E-state index contributed by atoms with van der Waals surface area (Å²) in [5.41, 5.74) is -0.725. The fourth-order valence-corrected chi connectivity index (χ4v) is 7.58. The largest absolute Gasteiger partial charge is 0.377 e. The molecule has 1 aliphatic carbocycles. The van der Waals surface area contributed by atoms with Crippen LogP contribution in [0.5, 0.6) is 0 Å². The van der Waals surface area contributed by atoms with Crippen LogP contribution in [-0.4, -0.2) is 64.8 Å². The molecule has 25 heavy (non-hydrogen) atoms. The van der Waals surface area contributed by atoms with Gasteiger partial charge in [-0.15, -0.1) is 0 Å². The first kappa shape index (κ1) is 19.5. The molecule has 8 nitrogen and oxygen atoms in total. The zero-order valence-electron chi connectivity index (χ0n) is 14.7. The van der Waals surface area contributed by atoms with Gasteiger partial charge in [-0.05, 0) is 46.0 Å². The molecule has 2 aliphatic heterocycles. The maximum absolute atomic E-state index is 12.7. The summed E-state index contributed by atoms with van der Waals surface area (Å²) in [6.07, 6.45) is 2.39. The van der Waals surface area contributed by atoms with Crippen LogP contribution in [0.25, 0.3) is 0 Å². The number of hydrogen-bond acceptors (Lipinski definition) is 6. The van der Waals surface area contributed by atoms with Crippen LogP contribution in [0.15, 0.2) is 0 Å². The zero-order chi connectivity index (χ0) is 18.3. The molecule has 0 spiro atoms. The summed E-state index contributed by atoms with van der Waals surface area (Å²) in [5, 5.41) is -1.16. The van der Waals surface area contributed by atoms with Crippen molar-refractivity contribution in [3.63, 3.8) is 0 Å². The third-order valence-electron chi connectivity index (χ3n) is 5.69. The molecule has 2 saturated heterocycles. The first-order valence-corrected chi connectivity index (χ1v) is 12.0. The van der Waals surface area contributed by atoms with Crippen molar-refractivity contribution in [2.24, 2.45) is 0 Å². The van der Waals surface area contributed by atoms with Gasteiger partial charge in [0.05, 0.1) is 12.2 Å². The van der Waals surface area contributed by atoms with Gasteiger partial charge < -0.3 is 9.47 Å². The Bertz CT molecular complexity index is 689. The first-order chi connectivity index (χ1) is 11.7.